The Kier molecular flexibility index (Phi) is 12.3. The van der Waals surface area contributed by atoms with Crippen LogP contribution in [0.5, 0.6) is 0 Å². The molecular weight excluding hydrogens is 438 g/mol. The number of hydrogen-bond donors (Lipinski definition) is 2. The minimum absolute atomic E-state index is 0.0512. The average Bonchev–Trinajstić information content (AvgIpc) is 2.59. The van der Waals surface area contributed by atoms with Crippen LogP contribution in [0.3, 0.4) is 0 Å². The molecule has 0 amide bonds. The van der Waals surface area contributed by atoms with Crippen LogP contribution >= 0.6 is 0 Å². The van der Waals surface area contributed by atoms with Gasteiger partial charge in [-0.1, -0.05) is 27.7 Å². The SMILES string of the molecule is CC(C)(COCC(C)(CO)COCC(F)(F)F)COCC(C)(CO)COCC(F)(F)F. The molecule has 2 unspecified atom stereocenters. The fraction of sp³-hybridized carbons (Fsp3) is 1.00. The van der Waals surface area contributed by atoms with E-state index < -0.39 is 55.0 Å². The van der Waals surface area contributed by atoms with E-state index >= 15 is 0 Å². The number of aliphatic hydroxyl groups is 2. The Morgan fingerprint density at radius 1 is 0.484 bits per heavy atom. The first kappa shape index (κ1) is 30.3. The van der Waals surface area contributed by atoms with E-state index in [9.17, 15) is 36.6 Å². The molecule has 2 atom stereocenters. The number of aliphatic hydroxyl groups excluding tert-OH is 2. The summed E-state index contributed by atoms with van der Waals surface area (Å²) in [6, 6.07) is 0. The van der Waals surface area contributed by atoms with Crippen LogP contribution < -0.4 is 0 Å². The molecule has 2 N–H and O–H groups in total. The highest BCUT2D eigenvalue weighted by Gasteiger charge is 2.33. The predicted molar refractivity (Wildman–Crippen MR) is 99.6 cm³/mol. The summed E-state index contributed by atoms with van der Waals surface area (Å²) in [5, 5.41) is 18.9. The largest absolute Gasteiger partial charge is 0.411 e. The van der Waals surface area contributed by atoms with Gasteiger partial charge in [-0.25, -0.2) is 0 Å². The Morgan fingerprint density at radius 3 is 0.968 bits per heavy atom. The quantitative estimate of drug-likeness (QED) is 0.336. The van der Waals surface area contributed by atoms with Crippen LogP contribution in [0.2, 0.25) is 0 Å². The van der Waals surface area contributed by atoms with E-state index in [2.05, 4.69) is 9.47 Å². The van der Waals surface area contributed by atoms with Crippen LogP contribution in [0, 0.1) is 16.2 Å². The molecule has 0 heterocycles. The highest BCUT2D eigenvalue weighted by Crippen LogP contribution is 2.24. The summed E-state index contributed by atoms with van der Waals surface area (Å²) in [5.74, 6) is 0. The van der Waals surface area contributed by atoms with Gasteiger partial charge in [0.05, 0.1) is 52.9 Å². The van der Waals surface area contributed by atoms with Crippen LogP contribution in [0.1, 0.15) is 27.7 Å². The van der Waals surface area contributed by atoms with Crippen LogP contribution in [0.15, 0.2) is 0 Å². The molecule has 0 spiro atoms. The summed E-state index contributed by atoms with van der Waals surface area (Å²) >= 11 is 0. The van der Waals surface area contributed by atoms with Crippen molar-refractivity contribution in [1.29, 1.82) is 0 Å². The molecule has 0 fully saturated rings. The van der Waals surface area contributed by atoms with Crippen LogP contribution in [-0.2, 0) is 18.9 Å². The number of hydrogen-bond acceptors (Lipinski definition) is 6. The zero-order valence-electron chi connectivity index (χ0n) is 18.4. The summed E-state index contributed by atoms with van der Waals surface area (Å²) in [6.07, 6.45) is -8.92. The Morgan fingerprint density at radius 2 is 0.742 bits per heavy atom. The van der Waals surface area contributed by atoms with Gasteiger partial charge in [0.1, 0.15) is 13.2 Å². The lowest BCUT2D eigenvalue weighted by Gasteiger charge is -2.32. The molecular formula is C19H34F6O6. The van der Waals surface area contributed by atoms with Gasteiger partial charge in [-0.15, -0.1) is 0 Å². The average molecular weight is 472 g/mol. The van der Waals surface area contributed by atoms with Gasteiger partial charge in [0.15, 0.2) is 0 Å². The lowest BCUT2D eigenvalue weighted by molar-refractivity contribution is -0.186. The number of rotatable bonds is 16. The van der Waals surface area contributed by atoms with Crippen molar-refractivity contribution in [3.8, 4) is 0 Å². The van der Waals surface area contributed by atoms with E-state index in [1.165, 1.54) is 13.8 Å². The van der Waals surface area contributed by atoms with Gasteiger partial charge in [0.2, 0.25) is 0 Å². The third-order valence-electron chi connectivity index (χ3n) is 4.08. The number of alkyl halides is 6. The Labute approximate surface area is 178 Å². The van der Waals surface area contributed by atoms with E-state index in [1.54, 1.807) is 13.8 Å². The molecule has 0 aliphatic rings. The van der Waals surface area contributed by atoms with Gasteiger partial charge in [-0.05, 0) is 0 Å². The molecule has 0 aromatic rings. The van der Waals surface area contributed by atoms with Gasteiger partial charge in [-0.3, -0.25) is 0 Å². The minimum Gasteiger partial charge on any atom is -0.396 e. The van der Waals surface area contributed by atoms with E-state index in [4.69, 9.17) is 9.47 Å². The van der Waals surface area contributed by atoms with Gasteiger partial charge < -0.3 is 29.2 Å². The predicted octanol–water partition coefficient (Wildman–Crippen LogP) is 3.20. The van der Waals surface area contributed by atoms with Crippen molar-refractivity contribution < 1.29 is 55.5 Å². The van der Waals surface area contributed by atoms with Gasteiger partial charge in [0.25, 0.3) is 0 Å². The van der Waals surface area contributed by atoms with E-state index in [0.717, 1.165) is 0 Å². The van der Waals surface area contributed by atoms with E-state index in [1.807, 2.05) is 0 Å². The molecule has 31 heavy (non-hydrogen) atoms. The Bertz CT molecular complexity index is 457. The fourth-order valence-electron chi connectivity index (χ4n) is 2.28. The normalized spacial score (nSPS) is 17.4. The molecule has 0 aromatic carbocycles. The van der Waals surface area contributed by atoms with Gasteiger partial charge in [-0.2, -0.15) is 26.3 Å². The third-order valence-corrected chi connectivity index (χ3v) is 4.08. The first-order valence-corrected chi connectivity index (χ1v) is 9.61. The standard InChI is InChI=1S/C19H34F6O6/c1-15(2,7-28-9-16(3,5-26)11-30-13-18(20,21)22)8-29-10-17(4,6-27)12-31-14-19(23,24)25/h26-27H,5-14H2,1-4H3. The van der Waals surface area contributed by atoms with Crippen LogP contribution in [0.4, 0.5) is 26.3 Å². The maximum absolute atomic E-state index is 12.2. The summed E-state index contributed by atoms with van der Waals surface area (Å²) in [7, 11) is 0. The topological polar surface area (TPSA) is 77.4 Å². The second-order valence-corrected chi connectivity index (χ2v) is 9.30. The zero-order chi connectivity index (χ0) is 24.4. The lowest BCUT2D eigenvalue weighted by atomic mass is 9.92. The fourth-order valence-corrected chi connectivity index (χ4v) is 2.28. The van der Waals surface area contributed by atoms with Crippen LogP contribution in [-0.4, -0.2) is 88.6 Å². The van der Waals surface area contributed by atoms with Crippen molar-refractivity contribution in [1.82, 2.24) is 0 Å². The molecule has 0 bridgehead atoms. The van der Waals surface area contributed by atoms with Crippen molar-refractivity contribution in [2.24, 2.45) is 16.2 Å². The molecule has 0 rings (SSSR count). The maximum Gasteiger partial charge on any atom is 0.411 e. The Hall–Kier alpha value is -0.660. The molecule has 0 saturated carbocycles. The van der Waals surface area contributed by atoms with Crippen molar-refractivity contribution in [3.63, 3.8) is 0 Å². The summed E-state index contributed by atoms with van der Waals surface area (Å²) in [4.78, 5) is 0. The van der Waals surface area contributed by atoms with Crippen molar-refractivity contribution in [2.75, 3.05) is 66.1 Å². The second kappa shape index (κ2) is 12.5. The smallest absolute Gasteiger partial charge is 0.396 e. The van der Waals surface area contributed by atoms with Gasteiger partial charge in [0, 0.05) is 16.2 Å². The van der Waals surface area contributed by atoms with Crippen molar-refractivity contribution in [3.05, 3.63) is 0 Å². The molecule has 12 heteroatoms. The molecule has 0 aliphatic heterocycles. The molecule has 0 aliphatic carbocycles. The minimum atomic E-state index is -4.46. The van der Waals surface area contributed by atoms with E-state index in [-0.39, 0.29) is 39.6 Å². The summed E-state index contributed by atoms with van der Waals surface area (Å²) < 4.78 is 93.4. The lowest BCUT2D eigenvalue weighted by Crippen LogP contribution is -2.38. The van der Waals surface area contributed by atoms with Gasteiger partial charge >= 0.3 is 12.4 Å². The molecule has 188 valence electrons. The first-order chi connectivity index (χ1) is 13.9. The Balaban J connectivity index is 4.38. The summed E-state index contributed by atoms with van der Waals surface area (Å²) in [6.45, 7) is 2.43. The third kappa shape index (κ3) is 15.7. The monoisotopic (exact) mass is 472 g/mol. The van der Waals surface area contributed by atoms with Crippen molar-refractivity contribution >= 4 is 0 Å². The molecule has 0 aromatic heterocycles. The van der Waals surface area contributed by atoms with Crippen molar-refractivity contribution in [2.45, 2.75) is 40.0 Å². The number of ether oxygens (including phenoxy) is 4. The van der Waals surface area contributed by atoms with E-state index in [0.29, 0.717) is 0 Å². The molecule has 0 radical (unpaired) electrons. The highest BCUT2D eigenvalue weighted by molar-refractivity contribution is 4.76. The molecule has 6 nitrogen and oxygen atoms in total. The van der Waals surface area contributed by atoms with Crippen LogP contribution in [0.25, 0.3) is 0 Å². The molecule has 0 saturated heterocycles. The second-order valence-electron chi connectivity index (χ2n) is 9.30. The maximum atomic E-state index is 12.2. The zero-order valence-corrected chi connectivity index (χ0v) is 18.4. The summed E-state index contributed by atoms with van der Waals surface area (Å²) in [5.41, 5.74) is -2.59. The first-order valence-electron chi connectivity index (χ1n) is 9.61. The number of halogens is 6. The highest BCUT2D eigenvalue weighted by atomic mass is 19.4.